The van der Waals surface area contributed by atoms with Crippen LogP contribution in [0.25, 0.3) is 22.9 Å². The summed E-state index contributed by atoms with van der Waals surface area (Å²) in [6, 6.07) is 13.7. The molecule has 3 aromatic rings. The molecule has 0 aliphatic heterocycles. The molecule has 0 saturated heterocycles. The van der Waals surface area contributed by atoms with E-state index < -0.39 is 10.3 Å². The summed E-state index contributed by atoms with van der Waals surface area (Å²) in [5, 5.41) is 5.90. The molecule has 0 atom stereocenters. The van der Waals surface area contributed by atoms with E-state index in [4.69, 9.17) is 9.29 Å². The molecule has 10 heteroatoms. The number of benzene rings is 2. The van der Waals surface area contributed by atoms with Gasteiger partial charge in [0.1, 0.15) is 5.75 Å². The van der Waals surface area contributed by atoms with Gasteiger partial charge in [0, 0.05) is 18.0 Å². The van der Waals surface area contributed by atoms with Crippen molar-refractivity contribution in [2.75, 3.05) is 27.7 Å². The zero-order valence-corrected chi connectivity index (χ0v) is 23.2. The lowest BCUT2D eigenvalue weighted by Gasteiger charge is -2.20. The van der Waals surface area contributed by atoms with E-state index >= 15 is 0 Å². The van der Waals surface area contributed by atoms with Crippen LogP contribution in [0.2, 0.25) is 0 Å². The van der Waals surface area contributed by atoms with Crippen molar-refractivity contribution in [1.29, 1.82) is 0 Å². The van der Waals surface area contributed by atoms with Gasteiger partial charge in [0.15, 0.2) is 0 Å². The Morgan fingerprint density at radius 2 is 1.74 bits per heavy atom. The maximum Gasteiger partial charge on any atom is 0.333 e. The first-order valence-corrected chi connectivity index (χ1v) is 14.3. The number of nitrogens with one attached hydrogen (secondary N) is 1. The molecule has 0 spiro atoms. The molecule has 0 unspecified atom stereocenters. The van der Waals surface area contributed by atoms with Crippen molar-refractivity contribution in [1.82, 2.24) is 19.4 Å². The number of hydrogen-bond acceptors (Lipinski definition) is 6. The van der Waals surface area contributed by atoms with Gasteiger partial charge in [0.25, 0.3) is 5.56 Å². The van der Waals surface area contributed by atoms with Crippen LogP contribution in [0.3, 0.4) is 0 Å². The van der Waals surface area contributed by atoms with Crippen LogP contribution in [0, 0.1) is 0 Å². The Morgan fingerprint density at radius 1 is 1.08 bits per heavy atom. The van der Waals surface area contributed by atoms with Crippen molar-refractivity contribution < 1.29 is 17.7 Å². The second kappa shape index (κ2) is 14.2. The lowest BCUT2D eigenvalue weighted by molar-refractivity contribution is 0.378. The highest BCUT2D eigenvalue weighted by atomic mass is 32.2. The molecule has 2 aromatic carbocycles. The number of aromatic nitrogens is 2. The fourth-order valence-electron chi connectivity index (χ4n) is 4.34. The van der Waals surface area contributed by atoms with E-state index in [1.165, 1.54) is 6.42 Å². The van der Waals surface area contributed by atoms with Crippen molar-refractivity contribution >= 4 is 33.2 Å². The second-order valence-corrected chi connectivity index (χ2v) is 10.9. The van der Waals surface area contributed by atoms with Crippen LogP contribution in [0.1, 0.15) is 49.7 Å². The number of nitrogens with zero attached hydrogens (tertiary/aromatic N) is 3. The quantitative estimate of drug-likeness (QED) is 0.307. The van der Waals surface area contributed by atoms with Gasteiger partial charge in [-0.3, -0.25) is 9.35 Å². The molecule has 38 heavy (non-hydrogen) atoms. The summed E-state index contributed by atoms with van der Waals surface area (Å²) in [5.74, 6) is 0.839. The molecule has 4 rings (SSSR count). The molecule has 206 valence electrons. The summed E-state index contributed by atoms with van der Waals surface area (Å²) in [7, 11) is 1.73. The summed E-state index contributed by atoms with van der Waals surface area (Å²) in [5.41, 5.74) is 2.09. The molecule has 9 nitrogen and oxygen atoms in total. The van der Waals surface area contributed by atoms with Gasteiger partial charge in [-0.1, -0.05) is 49.6 Å². The van der Waals surface area contributed by atoms with Gasteiger partial charge in [-0.2, -0.15) is 18.2 Å². The highest BCUT2D eigenvalue weighted by molar-refractivity contribution is 7.83. The van der Waals surface area contributed by atoms with Gasteiger partial charge in [-0.15, -0.1) is 0 Å². The number of hydrogen-bond donors (Lipinski definition) is 2. The SMILES string of the molecule is COc1ccc(/C=C/c2ccc3c(=O)n(CCCN(C)C)ncc3c2)cc1.O=S(=O)(O)NC1CCCCC1. The standard InChI is InChI=1S/C22H25N3O2.C6H13NO3S/c1-24(2)13-4-14-25-22(26)21-12-9-18(15-19(21)16-23-25)6-5-17-7-10-20(27-3)11-8-17;8-11(9,10)7-6-4-2-1-3-5-6/h5-12,15-16H,4,13-14H2,1-3H3;6-7H,1-5H2,(H,8,9,10)/b6-5+;. The van der Waals surface area contributed by atoms with E-state index in [9.17, 15) is 13.2 Å². The summed E-state index contributed by atoms with van der Waals surface area (Å²) >= 11 is 0. The van der Waals surface area contributed by atoms with E-state index in [1.807, 2.05) is 68.7 Å². The number of rotatable bonds is 9. The fraction of sp³-hybridized carbons (Fsp3) is 0.429. The van der Waals surface area contributed by atoms with Gasteiger partial charge < -0.3 is 9.64 Å². The van der Waals surface area contributed by atoms with Gasteiger partial charge >= 0.3 is 10.3 Å². The number of methoxy groups -OCH3 is 1. The number of fused-ring (bicyclic) bond motifs is 1. The summed E-state index contributed by atoms with van der Waals surface area (Å²) in [4.78, 5) is 14.7. The molecular formula is C28H38N4O5S. The lowest BCUT2D eigenvalue weighted by Crippen LogP contribution is -2.35. The Labute approximate surface area is 225 Å². The topological polar surface area (TPSA) is 114 Å². The molecule has 0 bridgehead atoms. The highest BCUT2D eigenvalue weighted by Crippen LogP contribution is 2.18. The van der Waals surface area contributed by atoms with Gasteiger partial charge in [0.05, 0.1) is 18.7 Å². The number of aryl methyl sites for hydroxylation is 1. The molecule has 1 heterocycles. The summed E-state index contributed by atoms with van der Waals surface area (Å²) in [6.45, 7) is 1.56. The molecular weight excluding hydrogens is 504 g/mol. The monoisotopic (exact) mass is 542 g/mol. The first-order valence-electron chi connectivity index (χ1n) is 12.9. The van der Waals surface area contributed by atoms with Crippen LogP contribution < -0.4 is 15.0 Å². The van der Waals surface area contributed by atoms with Crippen LogP contribution in [0.4, 0.5) is 0 Å². The zero-order chi connectivity index (χ0) is 27.5. The molecule has 2 N–H and O–H groups in total. The molecule has 0 radical (unpaired) electrons. The van der Waals surface area contributed by atoms with Crippen LogP contribution in [-0.4, -0.2) is 61.4 Å². The van der Waals surface area contributed by atoms with Gasteiger partial charge in [-0.25, -0.2) is 4.68 Å². The van der Waals surface area contributed by atoms with Crippen molar-refractivity contribution in [3.05, 3.63) is 70.1 Å². The van der Waals surface area contributed by atoms with Crippen molar-refractivity contribution in [3.63, 3.8) is 0 Å². The van der Waals surface area contributed by atoms with E-state index in [-0.39, 0.29) is 11.6 Å². The Bertz CT molecular complexity index is 1360. The minimum atomic E-state index is -3.97. The van der Waals surface area contributed by atoms with Crippen LogP contribution in [0.15, 0.2) is 53.5 Å². The third-order valence-corrected chi connectivity index (χ3v) is 6.99. The third kappa shape index (κ3) is 9.68. The number of ether oxygens (including phenoxy) is 1. The molecule has 0 amide bonds. The maximum atomic E-state index is 12.6. The van der Waals surface area contributed by atoms with Crippen LogP contribution in [-0.2, 0) is 16.8 Å². The molecule has 1 aliphatic carbocycles. The largest absolute Gasteiger partial charge is 0.497 e. The van der Waals surface area contributed by atoms with E-state index in [0.29, 0.717) is 11.9 Å². The molecule has 1 aliphatic rings. The van der Waals surface area contributed by atoms with E-state index in [0.717, 1.165) is 60.9 Å². The Kier molecular flexibility index (Phi) is 11.0. The van der Waals surface area contributed by atoms with Gasteiger partial charge in [0.2, 0.25) is 0 Å². The smallest absolute Gasteiger partial charge is 0.333 e. The van der Waals surface area contributed by atoms with Crippen LogP contribution >= 0.6 is 0 Å². The van der Waals surface area contributed by atoms with Crippen molar-refractivity contribution in [3.8, 4) is 5.75 Å². The Balaban J connectivity index is 0.000000304. The Hall–Kier alpha value is -3.05. The zero-order valence-electron chi connectivity index (χ0n) is 22.3. The van der Waals surface area contributed by atoms with Gasteiger partial charge in [-0.05, 0) is 75.3 Å². The minimum Gasteiger partial charge on any atom is -0.497 e. The minimum absolute atomic E-state index is 0.0306. The summed E-state index contributed by atoms with van der Waals surface area (Å²) in [6.07, 6.45) is 11.7. The van der Waals surface area contributed by atoms with Crippen LogP contribution in [0.5, 0.6) is 5.75 Å². The predicted molar refractivity (Wildman–Crippen MR) is 153 cm³/mol. The average Bonchev–Trinajstić information content (AvgIpc) is 2.89. The first kappa shape index (κ1) is 29.5. The summed E-state index contributed by atoms with van der Waals surface area (Å²) < 4.78 is 38.0. The van der Waals surface area contributed by atoms with Crippen molar-refractivity contribution in [2.45, 2.75) is 51.1 Å². The molecule has 1 saturated carbocycles. The maximum absolute atomic E-state index is 12.6. The Morgan fingerprint density at radius 3 is 2.37 bits per heavy atom. The predicted octanol–water partition coefficient (Wildman–Crippen LogP) is 4.24. The van der Waals surface area contributed by atoms with Crippen molar-refractivity contribution in [2.24, 2.45) is 0 Å². The average molecular weight is 543 g/mol. The molecule has 1 fully saturated rings. The van der Waals surface area contributed by atoms with E-state index in [2.05, 4.69) is 14.7 Å². The van der Waals surface area contributed by atoms with E-state index in [1.54, 1.807) is 18.0 Å². The highest BCUT2D eigenvalue weighted by Gasteiger charge is 2.17. The molecule has 1 aromatic heterocycles. The first-order chi connectivity index (χ1) is 18.1. The third-order valence-electron chi connectivity index (χ3n) is 6.36. The normalized spacial score (nSPS) is 14.6. The lowest BCUT2D eigenvalue weighted by atomic mass is 9.96. The second-order valence-electron chi connectivity index (χ2n) is 9.71. The fourth-order valence-corrected chi connectivity index (χ4v) is 5.00.